The Labute approximate surface area is 327 Å². The third-order valence-corrected chi connectivity index (χ3v) is 10.2. The quantitative estimate of drug-likeness (QED) is 0.131. The number of nitrogens with one attached hydrogen (secondary N) is 2. The Kier molecular flexibility index (Phi) is 13.0. The van der Waals surface area contributed by atoms with Gasteiger partial charge in [0.2, 0.25) is 5.95 Å². The molecule has 4 aromatic carbocycles. The highest BCUT2D eigenvalue weighted by Crippen LogP contribution is 2.39. The van der Waals surface area contributed by atoms with Crippen molar-refractivity contribution < 1.29 is 28.9 Å². The molecule has 3 N–H and O–H groups in total. The molecular formula is C44H48N6O6. The normalized spacial score (nSPS) is 19.2. The number of esters is 1. The maximum atomic E-state index is 12.9. The van der Waals surface area contributed by atoms with Crippen molar-refractivity contribution >= 4 is 17.9 Å². The van der Waals surface area contributed by atoms with Crippen LogP contribution in [0.1, 0.15) is 46.6 Å². The van der Waals surface area contributed by atoms with E-state index in [0.717, 1.165) is 77.6 Å². The van der Waals surface area contributed by atoms with Crippen molar-refractivity contribution in [3.05, 3.63) is 149 Å². The third-order valence-electron chi connectivity index (χ3n) is 10.2. The molecule has 0 bridgehead atoms. The van der Waals surface area contributed by atoms with Crippen LogP contribution in [-0.2, 0) is 38.6 Å². The number of hydrogen-bond donors (Lipinski definition) is 3. The summed E-state index contributed by atoms with van der Waals surface area (Å²) in [5, 5.41) is 15.3. The topological polar surface area (TPSA) is 138 Å². The predicted molar refractivity (Wildman–Crippen MR) is 212 cm³/mol. The molecular weight excluding hydrogens is 709 g/mol. The molecule has 2 aliphatic heterocycles. The van der Waals surface area contributed by atoms with Gasteiger partial charge in [-0.1, -0.05) is 91.0 Å². The molecule has 1 aromatic heterocycles. The van der Waals surface area contributed by atoms with E-state index >= 15 is 0 Å². The van der Waals surface area contributed by atoms with E-state index in [-0.39, 0.29) is 25.4 Å². The predicted octanol–water partition coefficient (Wildman–Crippen LogP) is 5.59. The molecule has 2 amide bonds. The van der Waals surface area contributed by atoms with Crippen LogP contribution in [0.4, 0.5) is 10.7 Å². The second kappa shape index (κ2) is 18.8. The summed E-state index contributed by atoms with van der Waals surface area (Å²) in [5.41, 5.74) is 6.59. The van der Waals surface area contributed by atoms with E-state index in [4.69, 9.17) is 14.2 Å². The molecule has 2 aliphatic rings. The average molecular weight is 757 g/mol. The molecule has 4 unspecified atom stereocenters. The fourth-order valence-corrected chi connectivity index (χ4v) is 7.21. The summed E-state index contributed by atoms with van der Waals surface area (Å²) in [6.07, 6.45) is 3.71. The smallest absolute Gasteiger partial charge is 0.328 e. The minimum Gasteiger partial charge on any atom is -0.467 e. The van der Waals surface area contributed by atoms with Crippen LogP contribution in [0.3, 0.4) is 0 Å². The molecule has 290 valence electrons. The number of amides is 2. The molecule has 2 saturated heterocycles. The van der Waals surface area contributed by atoms with Gasteiger partial charge in [-0.2, -0.15) is 0 Å². The number of ether oxygens (including phenoxy) is 3. The van der Waals surface area contributed by atoms with Crippen molar-refractivity contribution in [1.29, 1.82) is 0 Å². The summed E-state index contributed by atoms with van der Waals surface area (Å²) in [4.78, 5) is 38.9. The Morgan fingerprint density at radius 3 is 2.25 bits per heavy atom. The lowest BCUT2D eigenvalue weighted by Gasteiger charge is -2.40. The summed E-state index contributed by atoms with van der Waals surface area (Å²) in [6.45, 7) is 4.45. The summed E-state index contributed by atoms with van der Waals surface area (Å²) < 4.78 is 18.4. The Morgan fingerprint density at radius 2 is 1.52 bits per heavy atom. The second-order valence-corrected chi connectivity index (χ2v) is 14.1. The molecule has 56 heavy (non-hydrogen) atoms. The van der Waals surface area contributed by atoms with Crippen LogP contribution in [0.2, 0.25) is 0 Å². The zero-order chi connectivity index (χ0) is 38.7. The largest absolute Gasteiger partial charge is 0.467 e. The average Bonchev–Trinajstić information content (AvgIpc) is 3.26. The van der Waals surface area contributed by atoms with Gasteiger partial charge in [-0.3, -0.25) is 4.90 Å². The maximum Gasteiger partial charge on any atom is 0.328 e. The van der Waals surface area contributed by atoms with Crippen molar-refractivity contribution in [3.63, 3.8) is 0 Å². The van der Waals surface area contributed by atoms with E-state index < -0.39 is 24.3 Å². The molecule has 12 nitrogen and oxygen atoms in total. The van der Waals surface area contributed by atoms with Crippen LogP contribution in [0.15, 0.2) is 122 Å². The van der Waals surface area contributed by atoms with Crippen molar-refractivity contribution in [2.75, 3.05) is 44.7 Å². The number of nitrogens with zero attached hydrogens (tertiary/aromatic N) is 4. The van der Waals surface area contributed by atoms with Crippen molar-refractivity contribution in [2.45, 2.75) is 50.5 Å². The van der Waals surface area contributed by atoms with Crippen molar-refractivity contribution in [3.8, 4) is 11.1 Å². The summed E-state index contributed by atoms with van der Waals surface area (Å²) in [7, 11) is 1.31. The number of anilines is 1. The third kappa shape index (κ3) is 10.1. The number of aliphatic hydroxyl groups excluding tert-OH is 1. The van der Waals surface area contributed by atoms with Gasteiger partial charge in [0.05, 0.1) is 25.9 Å². The van der Waals surface area contributed by atoms with Gasteiger partial charge in [-0.25, -0.2) is 19.6 Å². The lowest BCUT2D eigenvalue weighted by molar-refractivity contribution is -0.253. The molecule has 0 radical (unpaired) electrons. The first-order valence-corrected chi connectivity index (χ1v) is 19.0. The number of carbonyl (C=O) groups is 2. The Morgan fingerprint density at radius 1 is 0.804 bits per heavy atom. The van der Waals surface area contributed by atoms with Crippen LogP contribution < -0.4 is 15.5 Å². The number of aliphatic hydroxyl groups is 1. The van der Waals surface area contributed by atoms with Crippen LogP contribution in [0.25, 0.3) is 11.1 Å². The van der Waals surface area contributed by atoms with Crippen LogP contribution >= 0.6 is 0 Å². The van der Waals surface area contributed by atoms with E-state index in [2.05, 4.69) is 42.5 Å². The Bertz CT molecular complexity index is 2030. The fraction of sp³-hybridized carbons (Fsp3) is 0.318. The molecule has 3 heterocycles. The number of benzene rings is 4. The Balaban J connectivity index is 1.02. The minimum absolute atomic E-state index is 0.0119. The first kappa shape index (κ1) is 38.6. The number of methoxy groups -OCH3 is 1. The highest BCUT2D eigenvalue weighted by Gasteiger charge is 2.34. The van der Waals surface area contributed by atoms with Crippen LogP contribution in [0, 0.1) is 0 Å². The van der Waals surface area contributed by atoms with Gasteiger partial charge >= 0.3 is 12.0 Å². The van der Waals surface area contributed by atoms with E-state index in [1.165, 1.54) is 7.11 Å². The molecule has 0 spiro atoms. The second-order valence-electron chi connectivity index (χ2n) is 14.1. The maximum absolute atomic E-state index is 12.9. The SMILES string of the molecule is COC(=O)C(Cc1ccccc1)NC(=O)NCc1cccc(-c2cccc(C3OC(CN4CCN(c5ncccn5)CC4)CC(c4ccc(CO)cc4)O3)c2)c1. The fourth-order valence-electron chi connectivity index (χ4n) is 7.21. The summed E-state index contributed by atoms with van der Waals surface area (Å²) in [6, 6.07) is 34.2. The van der Waals surface area contributed by atoms with Crippen molar-refractivity contribution in [2.24, 2.45) is 0 Å². The van der Waals surface area contributed by atoms with Gasteiger partial charge in [-0.05, 0) is 51.6 Å². The number of rotatable bonds is 13. The molecule has 4 atom stereocenters. The van der Waals surface area contributed by atoms with Crippen molar-refractivity contribution in [1.82, 2.24) is 25.5 Å². The highest BCUT2D eigenvalue weighted by atomic mass is 16.7. The van der Waals surface area contributed by atoms with E-state index in [1.54, 1.807) is 12.4 Å². The molecule has 7 rings (SSSR count). The van der Waals surface area contributed by atoms with Gasteiger partial charge in [0, 0.05) is 70.1 Å². The molecule has 0 saturated carbocycles. The van der Waals surface area contributed by atoms with E-state index in [1.807, 2.05) is 97.1 Å². The standard InChI is InChI=1S/C44H48N6O6/c1-54-41(52)39(25-31-8-3-2-4-9-31)48-44(53)47-28-33-10-5-11-35(24-33)36-12-6-13-37(26-36)42-55-38(27-40(56-42)34-16-14-32(30-51)15-17-34)29-49-20-22-50(23-21-49)43-45-18-7-19-46-43/h2-19,24,26,38-40,42,51H,20-23,25,27-30H2,1H3,(H2,47,48,53). The van der Waals surface area contributed by atoms with Gasteiger partial charge in [-0.15, -0.1) is 0 Å². The highest BCUT2D eigenvalue weighted by molar-refractivity contribution is 5.83. The monoisotopic (exact) mass is 756 g/mol. The number of carbonyl (C=O) groups excluding carboxylic acids is 2. The molecule has 5 aromatic rings. The summed E-state index contributed by atoms with van der Waals surface area (Å²) in [5.74, 6) is 0.252. The molecule has 2 fully saturated rings. The van der Waals surface area contributed by atoms with Gasteiger partial charge < -0.3 is 34.9 Å². The summed E-state index contributed by atoms with van der Waals surface area (Å²) >= 11 is 0. The van der Waals surface area contributed by atoms with Gasteiger partial charge in [0.1, 0.15) is 6.04 Å². The molecule has 12 heteroatoms. The number of piperazine rings is 1. The Hall–Kier alpha value is -5.66. The van der Waals surface area contributed by atoms with Crippen LogP contribution in [0.5, 0.6) is 0 Å². The lowest BCUT2D eigenvalue weighted by atomic mass is 9.98. The lowest BCUT2D eigenvalue weighted by Crippen LogP contribution is -2.50. The first-order chi connectivity index (χ1) is 27.4. The number of urea groups is 1. The zero-order valence-electron chi connectivity index (χ0n) is 31.5. The van der Waals surface area contributed by atoms with Crippen LogP contribution in [-0.4, -0.2) is 84.0 Å². The number of hydrogen-bond acceptors (Lipinski definition) is 10. The van der Waals surface area contributed by atoms with Gasteiger partial charge in [0.15, 0.2) is 6.29 Å². The minimum atomic E-state index is -0.820. The zero-order valence-corrected chi connectivity index (χ0v) is 31.5. The van der Waals surface area contributed by atoms with E-state index in [0.29, 0.717) is 12.8 Å². The van der Waals surface area contributed by atoms with E-state index in [9.17, 15) is 14.7 Å². The number of aromatic nitrogens is 2. The molecule has 0 aliphatic carbocycles. The van der Waals surface area contributed by atoms with Gasteiger partial charge in [0.25, 0.3) is 0 Å². The first-order valence-electron chi connectivity index (χ1n) is 19.0.